The third-order valence-electron chi connectivity index (χ3n) is 2.62. The minimum Gasteiger partial charge on any atom is -0.224 e. The van der Waals surface area contributed by atoms with Gasteiger partial charge in [0.2, 0.25) is 0 Å². The summed E-state index contributed by atoms with van der Waals surface area (Å²) >= 11 is 5.74. The average Bonchev–Trinajstić information content (AvgIpc) is 2.41. The third-order valence-corrected chi connectivity index (χ3v) is 4.16. The summed E-state index contributed by atoms with van der Waals surface area (Å²) in [6.07, 6.45) is 1.45. The fourth-order valence-corrected chi connectivity index (χ4v) is 2.86. The average molecular weight is 311 g/mol. The molecule has 0 atom stereocenters. The zero-order chi connectivity index (χ0) is 14.6. The Hall–Kier alpha value is -1.65. The summed E-state index contributed by atoms with van der Waals surface area (Å²) < 4.78 is 36.6. The van der Waals surface area contributed by atoms with E-state index in [1.54, 1.807) is 24.3 Å². The van der Waals surface area contributed by atoms with Gasteiger partial charge in [0.05, 0.1) is 5.75 Å². The van der Waals surface area contributed by atoms with Gasteiger partial charge < -0.3 is 0 Å². The first-order chi connectivity index (χ1) is 9.44. The molecule has 0 spiro atoms. The number of rotatable bonds is 4. The highest BCUT2D eigenvalue weighted by Crippen LogP contribution is 2.14. The van der Waals surface area contributed by atoms with Crippen molar-refractivity contribution in [3.05, 3.63) is 75.9 Å². The summed E-state index contributed by atoms with van der Waals surface area (Å²) in [6, 6.07) is 12.2. The molecule has 0 N–H and O–H groups in total. The van der Waals surface area contributed by atoms with Crippen molar-refractivity contribution in [2.75, 3.05) is 0 Å². The van der Waals surface area contributed by atoms with Crippen LogP contribution in [0.15, 0.2) is 53.9 Å². The zero-order valence-electron chi connectivity index (χ0n) is 10.5. The lowest BCUT2D eigenvalue weighted by Crippen LogP contribution is -1.99. The van der Waals surface area contributed by atoms with Gasteiger partial charge in [-0.05, 0) is 41.5 Å². The van der Waals surface area contributed by atoms with Crippen LogP contribution in [0.2, 0.25) is 5.02 Å². The van der Waals surface area contributed by atoms with Crippen molar-refractivity contribution in [1.29, 1.82) is 0 Å². The van der Waals surface area contributed by atoms with Crippen LogP contribution in [0.5, 0.6) is 0 Å². The molecule has 2 aromatic rings. The topological polar surface area (TPSA) is 34.1 Å². The van der Waals surface area contributed by atoms with Gasteiger partial charge in [-0.25, -0.2) is 12.8 Å². The molecule has 2 rings (SSSR count). The molecule has 5 heteroatoms. The smallest absolute Gasteiger partial charge is 0.175 e. The number of benzene rings is 2. The molecule has 0 heterocycles. The van der Waals surface area contributed by atoms with Crippen molar-refractivity contribution < 1.29 is 12.8 Å². The largest absolute Gasteiger partial charge is 0.224 e. The molecule has 0 amide bonds. The van der Waals surface area contributed by atoms with Gasteiger partial charge in [-0.2, -0.15) is 0 Å². The number of halogens is 2. The molecular formula is C15H12ClFO2S. The Labute approximate surface area is 122 Å². The van der Waals surface area contributed by atoms with Gasteiger partial charge in [-0.3, -0.25) is 0 Å². The molecule has 0 bridgehead atoms. The van der Waals surface area contributed by atoms with Crippen molar-refractivity contribution in [2.24, 2.45) is 0 Å². The zero-order valence-corrected chi connectivity index (χ0v) is 12.0. The van der Waals surface area contributed by atoms with E-state index in [2.05, 4.69) is 0 Å². The summed E-state index contributed by atoms with van der Waals surface area (Å²) in [5.74, 6) is -0.451. The predicted molar refractivity (Wildman–Crippen MR) is 79.5 cm³/mol. The minimum atomic E-state index is -3.37. The fourth-order valence-electron chi connectivity index (χ4n) is 1.62. The van der Waals surface area contributed by atoms with Crippen LogP contribution in [-0.4, -0.2) is 8.42 Å². The maximum atomic E-state index is 12.7. The lowest BCUT2D eigenvalue weighted by atomic mass is 10.2. The fraction of sp³-hybridized carbons (Fsp3) is 0.0667. The molecule has 0 saturated heterocycles. The predicted octanol–water partition coefficient (Wildman–Crippen LogP) is 4.06. The molecule has 0 aromatic heterocycles. The van der Waals surface area contributed by atoms with E-state index in [9.17, 15) is 12.8 Å². The summed E-state index contributed by atoms with van der Waals surface area (Å²) in [5.41, 5.74) is 1.30. The lowest BCUT2D eigenvalue weighted by Gasteiger charge is -2.00. The number of sulfone groups is 1. The third kappa shape index (κ3) is 4.47. The van der Waals surface area contributed by atoms with E-state index in [1.807, 2.05) is 0 Å². The Morgan fingerprint density at radius 1 is 1.00 bits per heavy atom. The van der Waals surface area contributed by atoms with E-state index in [0.29, 0.717) is 16.1 Å². The first kappa shape index (κ1) is 14.8. The van der Waals surface area contributed by atoms with Crippen LogP contribution in [0, 0.1) is 5.82 Å². The van der Waals surface area contributed by atoms with E-state index in [1.165, 1.54) is 30.3 Å². The molecular weight excluding hydrogens is 299 g/mol. The van der Waals surface area contributed by atoms with Gasteiger partial charge in [0.1, 0.15) is 5.82 Å². The summed E-state index contributed by atoms with van der Waals surface area (Å²) in [5, 5.41) is 1.70. The molecule has 0 aliphatic rings. The van der Waals surface area contributed by atoms with Gasteiger partial charge in [0, 0.05) is 10.4 Å². The first-order valence-electron chi connectivity index (χ1n) is 5.85. The van der Waals surface area contributed by atoms with Crippen LogP contribution in [0.1, 0.15) is 11.1 Å². The summed E-state index contributed by atoms with van der Waals surface area (Å²) in [7, 11) is -3.37. The van der Waals surface area contributed by atoms with Crippen LogP contribution in [0.3, 0.4) is 0 Å². The second kappa shape index (κ2) is 6.20. The summed E-state index contributed by atoms with van der Waals surface area (Å²) in [6.45, 7) is 0. The lowest BCUT2D eigenvalue weighted by molar-refractivity contribution is 0.604. The van der Waals surface area contributed by atoms with Crippen molar-refractivity contribution in [3.63, 3.8) is 0 Å². The Morgan fingerprint density at radius 2 is 1.60 bits per heavy atom. The Morgan fingerprint density at radius 3 is 2.20 bits per heavy atom. The maximum absolute atomic E-state index is 12.7. The highest BCUT2D eigenvalue weighted by molar-refractivity contribution is 7.93. The standard InChI is InChI=1S/C15H12ClFO2S/c16-14-5-1-13(2-6-14)11-20(18,19)10-9-12-3-7-15(17)8-4-12/h1-10H,11H2/b10-9+. The molecule has 0 unspecified atom stereocenters. The molecule has 0 saturated carbocycles. The van der Waals surface area contributed by atoms with Gasteiger partial charge >= 0.3 is 0 Å². The van der Waals surface area contributed by atoms with Crippen molar-refractivity contribution >= 4 is 27.5 Å². The number of hydrogen-bond acceptors (Lipinski definition) is 2. The van der Waals surface area contributed by atoms with Crippen LogP contribution in [0.4, 0.5) is 4.39 Å². The van der Waals surface area contributed by atoms with E-state index in [-0.39, 0.29) is 11.6 Å². The molecule has 0 aliphatic heterocycles. The molecule has 0 radical (unpaired) electrons. The second-order valence-electron chi connectivity index (χ2n) is 4.29. The molecule has 0 aliphatic carbocycles. The van der Waals surface area contributed by atoms with Gasteiger partial charge in [-0.15, -0.1) is 0 Å². The molecule has 2 nitrogen and oxygen atoms in total. The monoisotopic (exact) mass is 310 g/mol. The quantitative estimate of drug-likeness (QED) is 0.853. The molecule has 20 heavy (non-hydrogen) atoms. The maximum Gasteiger partial charge on any atom is 0.175 e. The van der Waals surface area contributed by atoms with Gasteiger partial charge in [0.15, 0.2) is 9.84 Å². The first-order valence-corrected chi connectivity index (χ1v) is 7.95. The Balaban J connectivity index is 2.11. The Kier molecular flexibility index (Phi) is 4.57. The highest BCUT2D eigenvalue weighted by atomic mass is 35.5. The van der Waals surface area contributed by atoms with Crippen LogP contribution < -0.4 is 0 Å². The second-order valence-corrected chi connectivity index (χ2v) is 6.61. The Bertz CT molecular complexity index is 705. The van der Waals surface area contributed by atoms with Gasteiger partial charge in [-0.1, -0.05) is 35.9 Å². The molecule has 0 fully saturated rings. The minimum absolute atomic E-state index is 0.0954. The van der Waals surface area contributed by atoms with Crippen molar-refractivity contribution in [1.82, 2.24) is 0 Å². The van der Waals surface area contributed by atoms with E-state index in [0.717, 1.165) is 5.41 Å². The van der Waals surface area contributed by atoms with Crippen molar-refractivity contribution in [2.45, 2.75) is 5.75 Å². The van der Waals surface area contributed by atoms with E-state index >= 15 is 0 Å². The van der Waals surface area contributed by atoms with Crippen LogP contribution in [0.25, 0.3) is 6.08 Å². The SMILES string of the molecule is O=S(=O)(/C=C/c1ccc(F)cc1)Cc1ccc(Cl)cc1. The van der Waals surface area contributed by atoms with E-state index in [4.69, 9.17) is 11.6 Å². The normalized spacial score (nSPS) is 11.9. The number of hydrogen-bond donors (Lipinski definition) is 0. The molecule has 2 aromatic carbocycles. The van der Waals surface area contributed by atoms with E-state index < -0.39 is 9.84 Å². The van der Waals surface area contributed by atoms with Crippen LogP contribution in [-0.2, 0) is 15.6 Å². The van der Waals surface area contributed by atoms with Crippen molar-refractivity contribution in [3.8, 4) is 0 Å². The molecule has 104 valence electrons. The van der Waals surface area contributed by atoms with Crippen LogP contribution >= 0.6 is 11.6 Å². The highest BCUT2D eigenvalue weighted by Gasteiger charge is 2.07. The summed E-state index contributed by atoms with van der Waals surface area (Å²) in [4.78, 5) is 0. The van der Waals surface area contributed by atoms with Gasteiger partial charge in [0.25, 0.3) is 0 Å².